The van der Waals surface area contributed by atoms with Crippen molar-refractivity contribution in [2.45, 2.75) is 50.7 Å². The molecule has 0 atom stereocenters. The highest BCUT2D eigenvalue weighted by atomic mass is 32.2. The van der Waals surface area contributed by atoms with Gasteiger partial charge in [-0.15, -0.1) is 0 Å². The number of aryl methyl sites for hydroxylation is 3. The molecule has 282 valence electrons. The van der Waals surface area contributed by atoms with Gasteiger partial charge in [-0.25, -0.2) is 25.3 Å². The lowest BCUT2D eigenvalue weighted by atomic mass is 10.2. The van der Waals surface area contributed by atoms with E-state index in [9.17, 15) is 55.6 Å². The summed E-state index contributed by atoms with van der Waals surface area (Å²) in [7, 11) is -11.5. The largest absolute Gasteiger partial charge is 0.434 e. The Labute approximate surface area is 306 Å². The van der Waals surface area contributed by atoms with Crippen molar-refractivity contribution in [3.63, 3.8) is 0 Å². The molecule has 0 fully saturated rings. The maximum atomic E-state index is 12.1. The van der Waals surface area contributed by atoms with Gasteiger partial charge in [0.15, 0.2) is 0 Å². The SMILES string of the molecule is Cc1ccc(S(=O)(=O)c2ccc([N+](=O)[O-])o2)cc1.Cc1ccc(S(=O)(=O)c2ccc([N+](=O)[O-])o2)cc1.Cc1ccc(S(=O)(=O)c2ccc([N+](=O)[O-])o2)cc1. The van der Waals surface area contributed by atoms with Gasteiger partial charge in [-0.2, -0.15) is 0 Å². The normalized spacial score (nSPS) is 11.4. The molecule has 0 spiro atoms. The van der Waals surface area contributed by atoms with Crippen LogP contribution in [0.4, 0.5) is 17.7 Å². The van der Waals surface area contributed by atoms with E-state index in [1.807, 2.05) is 20.8 Å². The number of benzene rings is 3. The van der Waals surface area contributed by atoms with Crippen molar-refractivity contribution in [3.05, 3.63) is 156 Å². The molecule has 0 N–H and O–H groups in total. The topological polar surface area (TPSA) is 271 Å². The Balaban J connectivity index is 0.000000180. The Hall–Kier alpha value is -6.45. The first-order chi connectivity index (χ1) is 25.2. The van der Waals surface area contributed by atoms with Crippen LogP contribution in [0.15, 0.2) is 152 Å². The number of nitrogens with zero attached hydrogens (tertiary/aromatic N) is 3. The number of furan rings is 3. The second-order valence-electron chi connectivity index (χ2n) is 11.0. The quantitative estimate of drug-likeness (QED) is 0.105. The fraction of sp³-hybridized carbons (Fsp3) is 0.0909. The van der Waals surface area contributed by atoms with E-state index in [1.165, 1.54) is 36.4 Å². The van der Waals surface area contributed by atoms with Crippen LogP contribution in [0, 0.1) is 51.1 Å². The van der Waals surface area contributed by atoms with E-state index in [2.05, 4.69) is 0 Å². The molecule has 18 nitrogen and oxygen atoms in total. The fourth-order valence-electron chi connectivity index (χ4n) is 4.16. The van der Waals surface area contributed by atoms with E-state index in [1.54, 1.807) is 36.4 Å². The van der Waals surface area contributed by atoms with Crippen LogP contribution in [0.2, 0.25) is 0 Å². The van der Waals surface area contributed by atoms with Crippen molar-refractivity contribution >= 4 is 47.2 Å². The van der Waals surface area contributed by atoms with Crippen LogP contribution in [-0.2, 0) is 29.5 Å². The molecule has 0 amide bonds. The first kappa shape index (κ1) is 40.3. The summed E-state index contributed by atoms with van der Waals surface area (Å²) in [6.07, 6.45) is 0. The van der Waals surface area contributed by atoms with Crippen LogP contribution in [0.25, 0.3) is 0 Å². The summed E-state index contributed by atoms with van der Waals surface area (Å²) in [5.74, 6) is -1.79. The van der Waals surface area contributed by atoms with Gasteiger partial charge in [-0.3, -0.25) is 30.3 Å². The van der Waals surface area contributed by atoms with Crippen molar-refractivity contribution in [1.29, 1.82) is 0 Å². The maximum absolute atomic E-state index is 12.1. The average molecular weight is 802 g/mol. The summed E-state index contributed by atoms with van der Waals surface area (Å²) in [5, 5.41) is 30.0. The van der Waals surface area contributed by atoms with Gasteiger partial charge >= 0.3 is 17.7 Å². The molecule has 6 rings (SSSR count). The molecule has 0 aliphatic carbocycles. The Morgan fingerprint density at radius 1 is 0.370 bits per heavy atom. The summed E-state index contributed by atoms with van der Waals surface area (Å²) in [5.41, 5.74) is 2.75. The number of hydrogen-bond donors (Lipinski definition) is 0. The molecule has 0 aliphatic heterocycles. The van der Waals surface area contributed by atoms with E-state index in [0.717, 1.165) is 53.1 Å². The molecule has 0 saturated heterocycles. The highest BCUT2D eigenvalue weighted by Crippen LogP contribution is 2.28. The third-order valence-electron chi connectivity index (χ3n) is 7.03. The van der Waals surface area contributed by atoms with Crippen molar-refractivity contribution in [3.8, 4) is 0 Å². The van der Waals surface area contributed by atoms with Gasteiger partial charge in [0.2, 0.25) is 44.8 Å². The Morgan fingerprint density at radius 2 is 0.574 bits per heavy atom. The predicted molar refractivity (Wildman–Crippen MR) is 186 cm³/mol. The molecule has 0 radical (unpaired) electrons. The minimum absolute atomic E-state index is 0.0392. The molecule has 0 bridgehead atoms. The minimum Gasteiger partial charge on any atom is -0.388 e. The number of hydrogen-bond acceptors (Lipinski definition) is 15. The van der Waals surface area contributed by atoms with Gasteiger partial charge in [-0.1, -0.05) is 53.1 Å². The molecular formula is C33H27N3O15S3. The van der Waals surface area contributed by atoms with Gasteiger partial charge in [-0.05, 0) is 57.2 Å². The van der Waals surface area contributed by atoms with E-state index in [-0.39, 0.29) is 14.7 Å². The van der Waals surface area contributed by atoms with Crippen LogP contribution in [0.5, 0.6) is 0 Å². The smallest absolute Gasteiger partial charge is 0.388 e. The van der Waals surface area contributed by atoms with Crippen molar-refractivity contribution in [1.82, 2.24) is 0 Å². The lowest BCUT2D eigenvalue weighted by molar-refractivity contribution is -0.403. The summed E-state index contributed by atoms with van der Waals surface area (Å²) >= 11 is 0. The zero-order valence-corrected chi connectivity index (χ0v) is 30.5. The molecule has 54 heavy (non-hydrogen) atoms. The second-order valence-corrected chi connectivity index (χ2v) is 16.6. The molecule has 0 saturated carbocycles. The summed E-state index contributed by atoms with van der Waals surface area (Å²) in [6.45, 7) is 5.48. The van der Waals surface area contributed by atoms with Gasteiger partial charge in [0.1, 0.15) is 14.8 Å². The van der Waals surface area contributed by atoms with E-state index in [0.29, 0.717) is 0 Å². The summed E-state index contributed by atoms with van der Waals surface area (Å²) < 4.78 is 86.5. The van der Waals surface area contributed by atoms with Crippen molar-refractivity contribution in [2.24, 2.45) is 0 Å². The Kier molecular flexibility index (Phi) is 12.0. The third-order valence-corrected chi connectivity index (χ3v) is 12.0. The maximum Gasteiger partial charge on any atom is 0.434 e. The summed E-state index contributed by atoms with van der Waals surface area (Å²) in [6, 6.07) is 24.7. The van der Waals surface area contributed by atoms with Crippen LogP contribution in [0.3, 0.4) is 0 Å². The second kappa shape index (κ2) is 16.1. The van der Waals surface area contributed by atoms with Gasteiger partial charge in [0, 0.05) is 18.2 Å². The lowest BCUT2D eigenvalue weighted by Crippen LogP contribution is -2.00. The van der Waals surface area contributed by atoms with Gasteiger partial charge in [0.25, 0.3) is 0 Å². The summed E-state index contributed by atoms with van der Waals surface area (Å²) in [4.78, 5) is 29.1. The van der Waals surface area contributed by atoms with Crippen LogP contribution >= 0.6 is 0 Å². The molecule has 0 aliphatic rings. The standard InChI is InChI=1S/3C11H9NO5S/c3*1-8-2-4-9(5-3-8)18(15,16)11-7-6-10(17-11)12(13)14/h3*2-7H,1H3. The Morgan fingerprint density at radius 3 is 0.741 bits per heavy atom. The molecular weight excluding hydrogens is 775 g/mol. The fourth-order valence-corrected chi connectivity index (χ4v) is 7.67. The highest BCUT2D eigenvalue weighted by Gasteiger charge is 2.27. The van der Waals surface area contributed by atoms with E-state index >= 15 is 0 Å². The number of nitro groups is 3. The molecule has 3 aromatic heterocycles. The molecule has 21 heteroatoms. The first-order valence-corrected chi connectivity index (χ1v) is 19.4. The van der Waals surface area contributed by atoms with Crippen LogP contribution < -0.4 is 0 Å². The first-order valence-electron chi connectivity index (χ1n) is 14.9. The highest BCUT2D eigenvalue weighted by molar-refractivity contribution is 7.92. The lowest BCUT2D eigenvalue weighted by Gasteiger charge is -2.00. The zero-order chi connectivity index (χ0) is 40.0. The predicted octanol–water partition coefficient (Wildman–Crippen LogP) is 6.99. The van der Waals surface area contributed by atoms with E-state index in [4.69, 9.17) is 13.3 Å². The number of sulfone groups is 3. The monoisotopic (exact) mass is 801 g/mol. The molecule has 3 heterocycles. The van der Waals surface area contributed by atoms with Crippen molar-refractivity contribution in [2.75, 3.05) is 0 Å². The molecule has 6 aromatic rings. The average Bonchev–Trinajstić information content (AvgIpc) is 3.92. The van der Waals surface area contributed by atoms with E-state index < -0.39 is 77.2 Å². The Bertz CT molecular complexity index is 2350. The van der Waals surface area contributed by atoms with Gasteiger partial charge < -0.3 is 13.3 Å². The van der Waals surface area contributed by atoms with Crippen LogP contribution in [-0.4, -0.2) is 40.0 Å². The third kappa shape index (κ3) is 9.31. The van der Waals surface area contributed by atoms with Crippen LogP contribution in [0.1, 0.15) is 16.7 Å². The molecule has 0 unspecified atom stereocenters. The minimum atomic E-state index is -3.84. The number of rotatable bonds is 9. The van der Waals surface area contributed by atoms with Gasteiger partial charge in [0.05, 0.1) is 32.9 Å². The molecule has 3 aromatic carbocycles. The zero-order valence-electron chi connectivity index (χ0n) is 28.1. The van der Waals surface area contributed by atoms with Crippen molar-refractivity contribution < 1.29 is 53.3 Å².